The van der Waals surface area contributed by atoms with Crippen LogP contribution in [0.5, 0.6) is 6.01 Å². The molecule has 8 rings (SSSR count). The minimum atomic E-state index is -2.02. The van der Waals surface area contributed by atoms with E-state index in [0.717, 1.165) is 32.8 Å². The predicted octanol–water partition coefficient (Wildman–Crippen LogP) is 5.81. The van der Waals surface area contributed by atoms with Gasteiger partial charge in [0.15, 0.2) is 11.5 Å². The Morgan fingerprint density at radius 1 is 0.974 bits per heavy atom. The van der Waals surface area contributed by atoms with Crippen LogP contribution in [-0.2, 0) is 35.1 Å². The van der Waals surface area contributed by atoms with Crippen molar-refractivity contribution in [2.45, 2.75) is 103 Å². The Hall–Kier alpha value is -7.36. The molecular formula is C55H66FN11O8S. The van der Waals surface area contributed by atoms with Crippen LogP contribution >= 0.6 is 11.3 Å². The molecule has 1 aliphatic carbocycles. The molecule has 3 aromatic carbocycles. The molecule has 5 amide bonds. The molecule has 76 heavy (non-hydrogen) atoms. The molecule has 0 bridgehead atoms. The van der Waals surface area contributed by atoms with Crippen molar-refractivity contribution in [1.82, 2.24) is 35.8 Å². The standard InChI is InChI=1S/C55H66FN11O8S/c1-34-7-6-8-37(27-34)30-59-65-44-29-45(66-22-25-74-26-23-66)63-53(62-44)75-24-19-36-9-15-40(16-10-36)60-47(70)31-57-46(69)18-17-42(38-11-13-39(14-12-38)48-35(2)58-33-76-48)61-50(71)43-28-41(68)32-67(43)51(72)49(54(3,4)5)64-52(73)55(56)20-21-55/h6-16,27,29-30,33,41-43,49,68H,17-26,28,31-32H2,1-5H3,(H,57,69)(H,60,70)(H,61,71)(H,64,73)(H,62,63,65)/b59-30+/t41-,42+,43+,49-/m1/s1. The number of amides is 5. The van der Waals surface area contributed by atoms with Crippen molar-refractivity contribution in [1.29, 1.82) is 0 Å². The lowest BCUT2D eigenvalue weighted by Crippen LogP contribution is -2.59. The van der Waals surface area contributed by atoms with Gasteiger partial charge in [-0.2, -0.15) is 15.1 Å². The molecule has 1 saturated carbocycles. The number of anilines is 3. The lowest BCUT2D eigenvalue weighted by Gasteiger charge is -2.36. The number of halogens is 1. The Bertz CT molecular complexity index is 2890. The van der Waals surface area contributed by atoms with E-state index in [2.05, 4.69) is 51.6 Å². The number of likely N-dealkylation sites (tertiary alicyclic amines) is 1. The molecule has 2 aromatic heterocycles. The van der Waals surface area contributed by atoms with Gasteiger partial charge in [-0.15, -0.1) is 11.3 Å². The average molecular weight is 1060 g/mol. The SMILES string of the molecule is Cc1cccc(/C=N/Nc2cc(N3CCOCC3)nc(OCCc3ccc(NC(=O)CNC(=O)CC[C@H](NC(=O)[C@@H]4C[C@@H](O)CN4C(=O)[C@@H](NC(=O)C4(F)CC4)C(C)(C)C)c4ccc(-c5scnc5C)cc4)cc3)n2)c1. The lowest BCUT2D eigenvalue weighted by molar-refractivity contribution is -0.145. The fourth-order valence-electron chi connectivity index (χ4n) is 8.93. The third kappa shape index (κ3) is 14.7. The third-order valence-electron chi connectivity index (χ3n) is 13.4. The van der Waals surface area contributed by atoms with Gasteiger partial charge in [-0.1, -0.05) is 87.0 Å². The van der Waals surface area contributed by atoms with Crippen molar-refractivity contribution in [3.63, 3.8) is 0 Å². The fourth-order valence-corrected chi connectivity index (χ4v) is 9.74. The summed E-state index contributed by atoms with van der Waals surface area (Å²) < 4.78 is 26.3. The molecule has 0 unspecified atom stereocenters. The molecule has 19 nitrogen and oxygen atoms in total. The summed E-state index contributed by atoms with van der Waals surface area (Å²) in [6, 6.07) is 21.8. The highest BCUT2D eigenvalue weighted by molar-refractivity contribution is 7.13. The largest absolute Gasteiger partial charge is 0.463 e. The van der Waals surface area contributed by atoms with Crippen LogP contribution in [0.3, 0.4) is 0 Å². The van der Waals surface area contributed by atoms with Crippen LogP contribution in [0.4, 0.5) is 21.7 Å². The number of thiazole rings is 1. The Labute approximate surface area is 445 Å². The molecule has 4 heterocycles. The van der Waals surface area contributed by atoms with Gasteiger partial charge in [-0.05, 0) is 72.9 Å². The third-order valence-corrected chi connectivity index (χ3v) is 14.4. The Morgan fingerprint density at radius 3 is 2.41 bits per heavy atom. The number of aromatic nitrogens is 3. The monoisotopic (exact) mass is 1060 g/mol. The van der Waals surface area contributed by atoms with Gasteiger partial charge in [0.1, 0.15) is 17.9 Å². The number of rotatable bonds is 21. The van der Waals surface area contributed by atoms with Gasteiger partial charge in [0, 0.05) is 50.7 Å². The van der Waals surface area contributed by atoms with E-state index < -0.39 is 64.8 Å². The van der Waals surface area contributed by atoms with E-state index in [4.69, 9.17) is 9.47 Å². The second kappa shape index (κ2) is 24.5. The summed E-state index contributed by atoms with van der Waals surface area (Å²) in [5.74, 6) is -1.74. The maximum Gasteiger partial charge on any atom is 0.320 e. The predicted molar refractivity (Wildman–Crippen MR) is 288 cm³/mol. The van der Waals surface area contributed by atoms with E-state index in [1.807, 2.05) is 80.6 Å². The number of carbonyl (C=O) groups is 5. The molecule has 3 aliphatic rings. The highest BCUT2D eigenvalue weighted by Crippen LogP contribution is 2.40. The molecule has 2 aliphatic heterocycles. The molecule has 6 N–H and O–H groups in total. The molecule has 21 heteroatoms. The topological polar surface area (TPSA) is 242 Å². The van der Waals surface area contributed by atoms with Crippen molar-refractivity contribution < 1.29 is 42.9 Å². The smallest absolute Gasteiger partial charge is 0.320 e. The van der Waals surface area contributed by atoms with Crippen LogP contribution in [0.1, 0.15) is 86.9 Å². The number of benzene rings is 3. The first-order chi connectivity index (χ1) is 36.4. The normalized spacial score (nSPS) is 17.9. The van der Waals surface area contributed by atoms with Gasteiger partial charge < -0.3 is 45.6 Å². The number of aliphatic hydroxyl groups excluding tert-OH is 1. The number of ether oxygens (including phenoxy) is 2. The summed E-state index contributed by atoms with van der Waals surface area (Å²) in [6.07, 6.45) is 1.35. The summed E-state index contributed by atoms with van der Waals surface area (Å²) >= 11 is 1.50. The van der Waals surface area contributed by atoms with Gasteiger partial charge in [0.25, 0.3) is 5.91 Å². The summed E-state index contributed by atoms with van der Waals surface area (Å²) in [5, 5.41) is 26.3. The van der Waals surface area contributed by atoms with Crippen LogP contribution in [0, 0.1) is 19.3 Å². The zero-order valence-electron chi connectivity index (χ0n) is 43.4. The lowest BCUT2D eigenvalue weighted by atomic mass is 9.85. The number of aryl methyl sites for hydroxylation is 2. The maximum atomic E-state index is 14.8. The molecule has 5 aromatic rings. The fraction of sp³-hybridized carbons (Fsp3) is 0.436. The number of β-amino-alcohol motifs (C(OH)–C–C–N with tert-alkyl or cyclic N) is 1. The van der Waals surface area contributed by atoms with Crippen LogP contribution < -0.4 is 36.3 Å². The Balaban J connectivity index is 0.844. The van der Waals surface area contributed by atoms with Crippen LogP contribution in [0.2, 0.25) is 0 Å². The van der Waals surface area contributed by atoms with E-state index in [9.17, 15) is 33.5 Å². The number of carbonyl (C=O) groups excluding carboxylic acids is 5. The van der Waals surface area contributed by atoms with Crippen LogP contribution in [0.25, 0.3) is 10.4 Å². The molecule has 0 radical (unpaired) electrons. The zero-order chi connectivity index (χ0) is 54.0. The summed E-state index contributed by atoms with van der Waals surface area (Å²) in [4.78, 5) is 85.4. The second-order valence-electron chi connectivity index (χ2n) is 20.5. The van der Waals surface area contributed by atoms with E-state index >= 15 is 0 Å². The van der Waals surface area contributed by atoms with Crippen LogP contribution in [-0.4, -0.2) is 131 Å². The molecule has 2 saturated heterocycles. The van der Waals surface area contributed by atoms with E-state index in [1.54, 1.807) is 44.6 Å². The molecular weight excluding hydrogens is 994 g/mol. The van der Waals surface area contributed by atoms with E-state index in [0.29, 0.717) is 55.6 Å². The first kappa shape index (κ1) is 54.9. The van der Waals surface area contributed by atoms with Crippen molar-refractivity contribution in [3.05, 3.63) is 112 Å². The van der Waals surface area contributed by atoms with Gasteiger partial charge in [0.05, 0.1) is 60.8 Å². The number of nitrogens with zero attached hydrogens (tertiary/aromatic N) is 6. The van der Waals surface area contributed by atoms with Gasteiger partial charge in [-0.3, -0.25) is 29.4 Å². The quantitative estimate of drug-likeness (QED) is 0.0376. The van der Waals surface area contributed by atoms with Crippen molar-refractivity contribution in [2.75, 3.05) is 61.6 Å². The minimum Gasteiger partial charge on any atom is -0.463 e. The van der Waals surface area contributed by atoms with E-state index in [1.165, 1.54) is 16.2 Å². The van der Waals surface area contributed by atoms with Crippen molar-refractivity contribution in [3.8, 4) is 16.5 Å². The van der Waals surface area contributed by atoms with Crippen molar-refractivity contribution in [2.24, 2.45) is 10.5 Å². The van der Waals surface area contributed by atoms with Gasteiger partial charge in [-0.25, -0.2) is 9.37 Å². The Kier molecular flexibility index (Phi) is 17.7. The average Bonchev–Trinajstić information content (AvgIpc) is 3.85. The number of hydrazone groups is 1. The first-order valence-electron chi connectivity index (χ1n) is 25.6. The number of nitrogens with one attached hydrogen (secondary N) is 5. The molecule has 402 valence electrons. The number of alkyl halides is 1. The highest BCUT2D eigenvalue weighted by Gasteiger charge is 2.53. The zero-order valence-corrected chi connectivity index (χ0v) is 44.3. The first-order valence-corrected chi connectivity index (χ1v) is 26.4. The summed E-state index contributed by atoms with van der Waals surface area (Å²) in [6.45, 7) is 11.5. The number of aliphatic hydroxyl groups is 1. The van der Waals surface area contributed by atoms with Crippen molar-refractivity contribution >= 4 is 64.4 Å². The summed E-state index contributed by atoms with van der Waals surface area (Å²) in [7, 11) is 0. The molecule has 3 fully saturated rings. The maximum absolute atomic E-state index is 14.8. The minimum absolute atomic E-state index is 0.0649. The van der Waals surface area contributed by atoms with E-state index in [-0.39, 0.29) is 57.8 Å². The van der Waals surface area contributed by atoms with Gasteiger partial charge >= 0.3 is 6.01 Å². The molecule has 0 spiro atoms. The number of hydrogen-bond acceptors (Lipinski definition) is 15. The number of hydrogen-bond donors (Lipinski definition) is 6. The second-order valence-corrected chi connectivity index (χ2v) is 21.4. The van der Waals surface area contributed by atoms with Crippen LogP contribution in [0.15, 0.2) is 89.5 Å². The summed E-state index contributed by atoms with van der Waals surface area (Å²) in [5.41, 5.74) is 7.93. The van der Waals surface area contributed by atoms with Gasteiger partial charge in [0.2, 0.25) is 23.6 Å². The molecule has 4 atom stereocenters. The number of morpholine rings is 1. The Morgan fingerprint density at radius 2 is 1.72 bits per heavy atom. The highest BCUT2D eigenvalue weighted by atomic mass is 32.1.